The Morgan fingerprint density at radius 2 is 2.00 bits per heavy atom. The number of nitrogens with one attached hydrogen (secondary N) is 2. The minimum Gasteiger partial charge on any atom is -0.497 e. The molecule has 0 saturated carbocycles. The molecule has 1 aromatic carbocycles. The molecule has 2 aromatic rings. The molecule has 0 aliphatic rings. The van der Waals surface area contributed by atoms with Crippen molar-refractivity contribution in [2.45, 2.75) is 13.3 Å². The van der Waals surface area contributed by atoms with Gasteiger partial charge in [0.25, 0.3) is 0 Å². The third-order valence-electron chi connectivity index (χ3n) is 3.04. The first-order valence-corrected chi connectivity index (χ1v) is 6.65. The van der Waals surface area contributed by atoms with Gasteiger partial charge in [-0.3, -0.25) is 9.59 Å². The first kappa shape index (κ1) is 14.9. The Labute approximate surface area is 122 Å². The van der Waals surface area contributed by atoms with Crippen LogP contribution < -0.4 is 15.4 Å². The van der Waals surface area contributed by atoms with E-state index in [2.05, 4.69) is 10.6 Å². The molecule has 6 nitrogen and oxygen atoms in total. The molecule has 21 heavy (non-hydrogen) atoms. The van der Waals surface area contributed by atoms with Gasteiger partial charge in [0.2, 0.25) is 11.8 Å². The van der Waals surface area contributed by atoms with Gasteiger partial charge in [-0.25, -0.2) is 0 Å². The van der Waals surface area contributed by atoms with Gasteiger partial charge in [-0.05, 0) is 12.1 Å². The van der Waals surface area contributed by atoms with E-state index in [9.17, 15) is 9.59 Å². The van der Waals surface area contributed by atoms with Crippen molar-refractivity contribution in [2.24, 2.45) is 0 Å². The third kappa shape index (κ3) is 3.98. The summed E-state index contributed by atoms with van der Waals surface area (Å²) in [5, 5.41) is 6.26. The fourth-order valence-electron chi connectivity index (χ4n) is 2.00. The van der Waals surface area contributed by atoms with E-state index in [1.54, 1.807) is 19.4 Å². The fourth-order valence-corrected chi connectivity index (χ4v) is 2.00. The Kier molecular flexibility index (Phi) is 4.81. The van der Waals surface area contributed by atoms with Gasteiger partial charge in [0.05, 0.1) is 19.8 Å². The van der Waals surface area contributed by atoms with Crippen LogP contribution in [-0.4, -0.2) is 32.0 Å². The predicted octanol–water partition coefficient (Wildman–Crippen LogP) is 1.24. The maximum absolute atomic E-state index is 11.8. The number of methoxy groups -OCH3 is 1. The van der Waals surface area contributed by atoms with Crippen LogP contribution in [0.3, 0.4) is 0 Å². The lowest BCUT2D eigenvalue weighted by atomic mass is 10.1. The normalized spacial score (nSPS) is 10.4. The maximum Gasteiger partial charge on any atom is 0.224 e. The van der Waals surface area contributed by atoms with Gasteiger partial charge in [-0.15, -0.1) is 0 Å². The van der Waals surface area contributed by atoms with E-state index in [4.69, 9.17) is 9.15 Å². The summed E-state index contributed by atoms with van der Waals surface area (Å²) in [7, 11) is 1.59. The van der Waals surface area contributed by atoms with E-state index in [1.807, 2.05) is 12.1 Å². The SMILES string of the molecule is COc1ccc2c(CC(=O)NCCNC(C)=O)coc2c1. The Morgan fingerprint density at radius 3 is 2.71 bits per heavy atom. The highest BCUT2D eigenvalue weighted by molar-refractivity contribution is 5.88. The zero-order chi connectivity index (χ0) is 15.2. The summed E-state index contributed by atoms with van der Waals surface area (Å²) in [6.07, 6.45) is 1.82. The topological polar surface area (TPSA) is 80.6 Å². The van der Waals surface area contributed by atoms with Crippen LogP contribution >= 0.6 is 0 Å². The molecule has 0 unspecified atom stereocenters. The van der Waals surface area contributed by atoms with Crippen molar-refractivity contribution >= 4 is 22.8 Å². The number of furan rings is 1. The molecule has 112 valence electrons. The summed E-state index contributed by atoms with van der Waals surface area (Å²) < 4.78 is 10.6. The fraction of sp³-hybridized carbons (Fsp3) is 0.333. The van der Waals surface area contributed by atoms with Crippen molar-refractivity contribution < 1.29 is 18.7 Å². The molecule has 0 spiro atoms. The first-order chi connectivity index (χ1) is 10.1. The highest BCUT2D eigenvalue weighted by atomic mass is 16.5. The average Bonchev–Trinajstić information content (AvgIpc) is 2.85. The number of rotatable bonds is 6. The molecule has 1 aromatic heterocycles. The lowest BCUT2D eigenvalue weighted by Gasteiger charge is -2.05. The average molecular weight is 290 g/mol. The van der Waals surface area contributed by atoms with Crippen LogP contribution in [0.25, 0.3) is 11.0 Å². The van der Waals surface area contributed by atoms with Crippen LogP contribution in [-0.2, 0) is 16.0 Å². The highest BCUT2D eigenvalue weighted by Crippen LogP contribution is 2.25. The lowest BCUT2D eigenvalue weighted by molar-refractivity contribution is -0.121. The van der Waals surface area contributed by atoms with Crippen LogP contribution in [0.1, 0.15) is 12.5 Å². The van der Waals surface area contributed by atoms with Gasteiger partial charge in [-0.1, -0.05) is 0 Å². The second kappa shape index (κ2) is 6.78. The number of carbonyl (C=O) groups excluding carboxylic acids is 2. The van der Waals surface area contributed by atoms with Crippen LogP contribution in [0.2, 0.25) is 0 Å². The molecule has 0 saturated heterocycles. The molecule has 0 aliphatic heterocycles. The number of benzene rings is 1. The molecule has 0 aliphatic carbocycles. The van der Waals surface area contributed by atoms with Gasteiger partial charge in [0.1, 0.15) is 11.3 Å². The smallest absolute Gasteiger partial charge is 0.224 e. The largest absolute Gasteiger partial charge is 0.497 e. The first-order valence-electron chi connectivity index (χ1n) is 6.65. The lowest BCUT2D eigenvalue weighted by Crippen LogP contribution is -2.34. The van der Waals surface area contributed by atoms with Crippen molar-refractivity contribution in [3.05, 3.63) is 30.0 Å². The molecule has 0 fully saturated rings. The van der Waals surface area contributed by atoms with Crippen molar-refractivity contribution in [2.75, 3.05) is 20.2 Å². The molecule has 6 heteroatoms. The minimum absolute atomic E-state index is 0.112. The van der Waals surface area contributed by atoms with E-state index < -0.39 is 0 Å². The Morgan fingerprint density at radius 1 is 1.24 bits per heavy atom. The van der Waals surface area contributed by atoms with Gasteiger partial charge in [0, 0.05) is 37.0 Å². The number of amides is 2. The van der Waals surface area contributed by atoms with Crippen molar-refractivity contribution in [1.29, 1.82) is 0 Å². The molecular weight excluding hydrogens is 272 g/mol. The van der Waals surface area contributed by atoms with Gasteiger partial charge in [-0.2, -0.15) is 0 Å². The minimum atomic E-state index is -0.112. The summed E-state index contributed by atoms with van der Waals surface area (Å²) in [4.78, 5) is 22.5. The van der Waals surface area contributed by atoms with Crippen LogP contribution in [0.5, 0.6) is 5.75 Å². The Balaban J connectivity index is 1.93. The second-order valence-corrected chi connectivity index (χ2v) is 4.63. The third-order valence-corrected chi connectivity index (χ3v) is 3.04. The predicted molar refractivity (Wildman–Crippen MR) is 78.2 cm³/mol. The number of carbonyl (C=O) groups is 2. The monoisotopic (exact) mass is 290 g/mol. The zero-order valence-corrected chi connectivity index (χ0v) is 12.1. The summed E-state index contributed by atoms with van der Waals surface area (Å²) in [6.45, 7) is 2.26. The zero-order valence-electron chi connectivity index (χ0n) is 12.1. The van der Waals surface area contributed by atoms with E-state index in [0.717, 1.165) is 10.9 Å². The number of hydrogen-bond donors (Lipinski definition) is 2. The van der Waals surface area contributed by atoms with Crippen LogP contribution in [0.4, 0.5) is 0 Å². The molecule has 0 atom stereocenters. The van der Waals surface area contributed by atoms with Crippen molar-refractivity contribution in [1.82, 2.24) is 10.6 Å². The molecule has 1 heterocycles. The standard InChI is InChI=1S/C15H18N2O4/c1-10(18)16-5-6-17-15(19)7-11-9-21-14-8-12(20-2)3-4-13(11)14/h3-4,8-9H,5-7H2,1-2H3,(H,16,18)(H,17,19). The second-order valence-electron chi connectivity index (χ2n) is 4.63. The molecule has 2 rings (SSSR count). The Hall–Kier alpha value is -2.50. The summed E-state index contributed by atoms with van der Waals surface area (Å²) in [6, 6.07) is 5.49. The summed E-state index contributed by atoms with van der Waals surface area (Å²) in [5.74, 6) is 0.487. The molecule has 2 amide bonds. The van der Waals surface area contributed by atoms with Gasteiger partial charge in [0.15, 0.2) is 0 Å². The van der Waals surface area contributed by atoms with E-state index >= 15 is 0 Å². The maximum atomic E-state index is 11.8. The van der Waals surface area contributed by atoms with E-state index in [0.29, 0.717) is 24.4 Å². The van der Waals surface area contributed by atoms with Gasteiger partial charge < -0.3 is 19.8 Å². The van der Waals surface area contributed by atoms with Crippen molar-refractivity contribution in [3.63, 3.8) is 0 Å². The van der Waals surface area contributed by atoms with E-state index in [1.165, 1.54) is 6.92 Å². The molecule has 0 radical (unpaired) electrons. The molecule has 0 bridgehead atoms. The number of hydrogen-bond acceptors (Lipinski definition) is 4. The summed E-state index contributed by atoms with van der Waals surface area (Å²) in [5.41, 5.74) is 1.51. The van der Waals surface area contributed by atoms with Crippen molar-refractivity contribution in [3.8, 4) is 5.75 Å². The van der Waals surface area contributed by atoms with Gasteiger partial charge >= 0.3 is 0 Å². The summed E-state index contributed by atoms with van der Waals surface area (Å²) >= 11 is 0. The number of fused-ring (bicyclic) bond motifs is 1. The van der Waals surface area contributed by atoms with Crippen LogP contribution in [0, 0.1) is 0 Å². The Bertz CT molecular complexity index is 648. The van der Waals surface area contributed by atoms with Crippen LogP contribution in [0.15, 0.2) is 28.9 Å². The van der Waals surface area contributed by atoms with E-state index in [-0.39, 0.29) is 18.2 Å². The molecular formula is C15H18N2O4. The molecule has 2 N–H and O–H groups in total. The highest BCUT2D eigenvalue weighted by Gasteiger charge is 2.10. The number of ether oxygens (including phenoxy) is 1. The quantitative estimate of drug-likeness (QED) is 0.784.